The standard InChI is InChI=1S/C25H22N6O4S2.2C2HF3O2/c1-31-9-29-23(13(31)6-12(26)24(34)35)37-15-5-11(32)4-14-25(15)7-16(36-14)30-21-18(25)19-17-10(2-3-27-19)8-28-20(17)22(21)33;2*3-2(4,5)1(6)7/h4-5,8-9,12,16,27,33H,2-3,6-7,26H2,1H3,(H,34,35);2*(H,6,7)/t12-,16-,25-;;/m0../s1. The molecule has 1 saturated heterocycles. The fraction of sp³-hybridized carbons (Fsp3) is 0.345. The lowest BCUT2D eigenvalue weighted by molar-refractivity contribution is -0.193. The summed E-state index contributed by atoms with van der Waals surface area (Å²) >= 11 is 2.91. The Balaban J connectivity index is 0.000000307. The Morgan fingerprint density at radius 1 is 1.14 bits per heavy atom. The van der Waals surface area contributed by atoms with Crippen molar-refractivity contribution >= 4 is 70.4 Å². The smallest absolute Gasteiger partial charge is 0.490 e. The minimum absolute atomic E-state index is 0.0711. The van der Waals surface area contributed by atoms with Gasteiger partial charge >= 0.3 is 30.3 Å². The van der Waals surface area contributed by atoms with Gasteiger partial charge in [-0.3, -0.25) is 19.6 Å². The van der Waals surface area contributed by atoms with Crippen molar-refractivity contribution in [1.29, 1.82) is 0 Å². The van der Waals surface area contributed by atoms with Gasteiger partial charge in [0, 0.05) is 46.8 Å². The van der Waals surface area contributed by atoms with Crippen molar-refractivity contribution in [2.24, 2.45) is 22.8 Å². The molecule has 22 heteroatoms. The molecule has 14 nitrogen and oxygen atoms in total. The summed E-state index contributed by atoms with van der Waals surface area (Å²) in [4.78, 5) is 57.8. The largest absolute Gasteiger partial charge is 0.504 e. The Kier molecular flexibility index (Phi) is 9.82. The molecule has 5 heterocycles. The number of carbonyl (C=O) groups is 4. The molecule has 0 saturated carbocycles. The summed E-state index contributed by atoms with van der Waals surface area (Å²) in [5.41, 5.74) is 9.26. The molecule has 1 aromatic carbocycles. The zero-order valence-electron chi connectivity index (χ0n) is 25.7. The predicted octanol–water partition coefficient (Wildman–Crippen LogP) is 2.51. The molecular weight excluding hydrogens is 738 g/mol. The van der Waals surface area contributed by atoms with E-state index in [-0.39, 0.29) is 23.3 Å². The molecule has 5 aliphatic rings. The maximum absolute atomic E-state index is 12.9. The third-order valence-corrected chi connectivity index (χ3v) is 10.5. The molecule has 1 aromatic heterocycles. The van der Waals surface area contributed by atoms with Crippen LogP contribution < -0.4 is 21.6 Å². The van der Waals surface area contributed by atoms with E-state index in [0.29, 0.717) is 28.2 Å². The summed E-state index contributed by atoms with van der Waals surface area (Å²) in [5.74, 6) is -6.65. The van der Waals surface area contributed by atoms with E-state index < -0.39 is 41.7 Å². The highest BCUT2D eigenvalue weighted by atomic mass is 32.2. The molecule has 272 valence electrons. The van der Waals surface area contributed by atoms with Crippen LogP contribution in [-0.4, -0.2) is 90.2 Å². The number of rotatable bonds is 5. The fourth-order valence-corrected chi connectivity index (χ4v) is 8.70. The number of aromatic hydroxyl groups is 1. The number of benzene rings is 1. The second kappa shape index (κ2) is 13.4. The highest BCUT2D eigenvalue weighted by Crippen LogP contribution is 2.63. The zero-order chi connectivity index (χ0) is 37.8. The van der Waals surface area contributed by atoms with Gasteiger partial charge in [-0.25, -0.2) is 14.6 Å². The van der Waals surface area contributed by atoms with Crippen molar-refractivity contribution in [1.82, 2.24) is 9.55 Å². The number of thioether (sulfide) groups is 2. The average Bonchev–Trinajstić information content (AvgIpc) is 3.70. The van der Waals surface area contributed by atoms with E-state index in [1.54, 1.807) is 41.9 Å². The summed E-state index contributed by atoms with van der Waals surface area (Å²) in [6.45, 7) is 0.735. The lowest BCUT2D eigenvalue weighted by atomic mass is 9.71. The van der Waals surface area contributed by atoms with Crippen molar-refractivity contribution in [2.75, 3.05) is 11.9 Å². The van der Waals surface area contributed by atoms with Gasteiger partial charge < -0.3 is 36.0 Å². The number of hydrogen-bond acceptors (Lipinski definition) is 12. The van der Waals surface area contributed by atoms with Crippen molar-refractivity contribution in [3.05, 3.63) is 50.1 Å². The van der Waals surface area contributed by atoms with Gasteiger partial charge in [0.1, 0.15) is 27.5 Å². The summed E-state index contributed by atoms with van der Waals surface area (Å²) in [6.07, 6.45) is -1.84. The number of fused-ring (bicyclic) bond motifs is 3. The average molecular weight is 763 g/mol. The van der Waals surface area contributed by atoms with Crippen LogP contribution in [-0.2, 0) is 38.1 Å². The summed E-state index contributed by atoms with van der Waals surface area (Å²) < 4.78 is 65.2. The van der Waals surface area contributed by atoms with Gasteiger partial charge in [-0.15, -0.1) is 11.8 Å². The molecule has 7 N–H and O–H groups in total. The van der Waals surface area contributed by atoms with Crippen LogP contribution in [0.4, 0.5) is 37.7 Å². The van der Waals surface area contributed by atoms with Gasteiger partial charge in [0.05, 0.1) is 23.1 Å². The highest BCUT2D eigenvalue weighted by Gasteiger charge is 2.55. The van der Waals surface area contributed by atoms with E-state index in [1.165, 1.54) is 11.8 Å². The first-order valence-corrected chi connectivity index (χ1v) is 16.1. The van der Waals surface area contributed by atoms with E-state index in [2.05, 4.69) is 15.3 Å². The van der Waals surface area contributed by atoms with Crippen molar-refractivity contribution < 1.29 is 65.9 Å². The molecular formula is C29H24F6N6O8S2. The number of carbonyl (C=O) groups excluding carboxylic acids is 1. The molecule has 0 radical (unpaired) electrons. The molecule has 1 aliphatic carbocycles. The number of ketones is 1. The number of aliphatic carboxylic acids is 3. The van der Waals surface area contributed by atoms with E-state index in [0.717, 1.165) is 44.8 Å². The number of nitrogens with zero attached hydrogens (tertiary/aromatic N) is 4. The van der Waals surface area contributed by atoms with Crippen LogP contribution in [0.1, 0.15) is 24.1 Å². The van der Waals surface area contributed by atoms with Crippen LogP contribution in [0.5, 0.6) is 5.75 Å². The maximum Gasteiger partial charge on any atom is 0.490 e. The summed E-state index contributed by atoms with van der Waals surface area (Å²) in [7, 11) is 1.80. The van der Waals surface area contributed by atoms with E-state index in [4.69, 9.17) is 30.5 Å². The number of alkyl halides is 6. The number of carboxylic acid groups (broad SMARTS) is 3. The number of halogens is 6. The summed E-state index contributed by atoms with van der Waals surface area (Å²) in [5, 5.41) is 40.4. The number of anilines is 1. The van der Waals surface area contributed by atoms with Crippen molar-refractivity contribution in [3.8, 4) is 5.75 Å². The maximum atomic E-state index is 12.9. The predicted molar refractivity (Wildman–Crippen MR) is 168 cm³/mol. The van der Waals surface area contributed by atoms with Crippen LogP contribution in [0, 0.1) is 0 Å². The van der Waals surface area contributed by atoms with Gasteiger partial charge in [-0.05, 0) is 30.6 Å². The number of imidazole rings is 1. The van der Waals surface area contributed by atoms with Crippen LogP contribution in [0.15, 0.2) is 43.3 Å². The second-order valence-corrected chi connectivity index (χ2v) is 13.6. The van der Waals surface area contributed by atoms with E-state index >= 15 is 0 Å². The van der Waals surface area contributed by atoms with Crippen LogP contribution in [0.2, 0.25) is 0 Å². The molecule has 3 atom stereocenters. The fourth-order valence-electron chi connectivity index (χ4n) is 5.87. The number of nitrogens with two attached hydrogens (primary N) is 1. The minimum Gasteiger partial charge on any atom is -0.504 e. The topological polar surface area (TPSA) is 230 Å². The first-order chi connectivity index (χ1) is 23.7. The van der Waals surface area contributed by atoms with Gasteiger partial charge in [-0.1, -0.05) is 11.8 Å². The minimum atomic E-state index is -5.08. The number of allylic oxidation sites excluding steroid dienone is 4. The molecule has 1 spiro atoms. The monoisotopic (exact) mass is 762 g/mol. The highest BCUT2D eigenvalue weighted by molar-refractivity contribution is 8.05. The second-order valence-electron chi connectivity index (χ2n) is 11.3. The molecule has 1 fully saturated rings. The van der Waals surface area contributed by atoms with Crippen LogP contribution in [0.25, 0.3) is 5.57 Å². The lowest BCUT2D eigenvalue weighted by Gasteiger charge is -2.38. The molecule has 4 aliphatic heterocycles. The Hall–Kier alpha value is -4.83. The third kappa shape index (κ3) is 6.94. The number of nitrogens with one attached hydrogen (secondary N) is 1. The Bertz CT molecular complexity index is 2070. The van der Waals surface area contributed by atoms with E-state index in [9.17, 15) is 46.1 Å². The van der Waals surface area contributed by atoms with Gasteiger partial charge in [0.25, 0.3) is 0 Å². The Morgan fingerprint density at radius 2 is 1.76 bits per heavy atom. The number of aliphatic imine (C=N–C) groups is 1. The number of phenols is 1. The number of aromatic nitrogens is 2. The third-order valence-electron chi connectivity index (χ3n) is 8.06. The summed E-state index contributed by atoms with van der Waals surface area (Å²) in [6, 6.07) is -1.08. The van der Waals surface area contributed by atoms with Crippen molar-refractivity contribution in [2.45, 2.75) is 53.5 Å². The molecule has 51 heavy (non-hydrogen) atoms. The van der Waals surface area contributed by atoms with Gasteiger partial charge in [-0.2, -0.15) is 26.3 Å². The lowest BCUT2D eigenvalue weighted by Crippen LogP contribution is -2.42. The van der Waals surface area contributed by atoms with Crippen molar-refractivity contribution in [3.63, 3.8) is 0 Å². The van der Waals surface area contributed by atoms with Crippen LogP contribution in [0.3, 0.4) is 0 Å². The van der Waals surface area contributed by atoms with Gasteiger partial charge in [0.15, 0.2) is 11.5 Å². The SMILES string of the molecule is Cn1cnc(SC2=CC(=O)C=C3S[C@H]4C[C@@]23c2c3c5c(c(O)c2=N4)N=CC=5CCN3)c1C[C@H](N)C(=O)O.O=C(O)C(F)(F)F.O=C(O)C(F)(F)F. The number of carboxylic acids is 3. The zero-order valence-corrected chi connectivity index (χ0v) is 27.3. The molecule has 0 amide bonds. The van der Waals surface area contributed by atoms with Gasteiger partial charge in [0.2, 0.25) is 0 Å². The van der Waals surface area contributed by atoms with Crippen LogP contribution >= 0.6 is 23.5 Å². The quantitative estimate of drug-likeness (QED) is 0.190. The first kappa shape index (κ1) is 37.4. The Morgan fingerprint density at radius 3 is 2.35 bits per heavy atom. The number of phenolic OH excluding ortho intramolecular Hbond substituents is 1. The molecule has 2 bridgehead atoms. The normalized spacial score (nSPS) is 21.2. The molecule has 2 aromatic rings. The number of hydrogen-bond donors (Lipinski definition) is 6. The molecule has 7 rings (SSSR count). The molecule has 0 unspecified atom stereocenters. The van der Waals surface area contributed by atoms with E-state index in [1.807, 2.05) is 6.21 Å². The Labute approximate surface area is 289 Å². The first-order valence-electron chi connectivity index (χ1n) is 14.4. The number of aryl methyl sites for hydroxylation is 1.